The third-order valence-corrected chi connectivity index (χ3v) is 3.39. The topological polar surface area (TPSA) is 12.5 Å². The molecule has 1 heterocycles. The van der Waals surface area contributed by atoms with E-state index < -0.39 is 0 Å². The summed E-state index contributed by atoms with van der Waals surface area (Å²) in [5.41, 5.74) is 0. The zero-order valence-corrected chi connectivity index (χ0v) is 8.50. The van der Waals surface area contributed by atoms with E-state index in [-0.39, 0.29) is 0 Å². The average Bonchev–Trinajstić information content (AvgIpc) is 2.47. The molecule has 2 aliphatic rings. The molecule has 13 heavy (non-hydrogen) atoms. The van der Waals surface area contributed by atoms with Gasteiger partial charge in [0.1, 0.15) is 0 Å². The number of ether oxygens (including phenoxy) is 1. The van der Waals surface area contributed by atoms with Gasteiger partial charge in [0.2, 0.25) is 0 Å². The molecule has 76 valence electrons. The highest BCUT2D eigenvalue weighted by atomic mass is 16.5. The molecule has 1 aliphatic heterocycles. The molecule has 1 saturated carbocycles. The quantitative estimate of drug-likeness (QED) is 0.577. The van der Waals surface area contributed by atoms with E-state index in [9.17, 15) is 0 Å². The van der Waals surface area contributed by atoms with Crippen molar-refractivity contribution >= 4 is 0 Å². The van der Waals surface area contributed by atoms with Gasteiger partial charge < -0.3 is 4.74 Å². The Morgan fingerprint density at radius 3 is 2.08 bits per heavy atom. The molecule has 0 aromatic heterocycles. The number of hydrogen-bond acceptors (Lipinski definition) is 2. The lowest BCUT2D eigenvalue weighted by molar-refractivity contribution is 0.0134. The first-order valence-corrected chi connectivity index (χ1v) is 5.78. The summed E-state index contributed by atoms with van der Waals surface area (Å²) < 4.78 is 5.38. The summed E-state index contributed by atoms with van der Waals surface area (Å²) in [4.78, 5) is 2.65. The van der Waals surface area contributed by atoms with Crippen LogP contribution < -0.4 is 0 Å². The minimum absolute atomic E-state index is 0.881. The molecule has 0 atom stereocenters. The van der Waals surface area contributed by atoms with Crippen LogP contribution in [0, 0.1) is 0 Å². The molecule has 0 aromatic carbocycles. The smallest absolute Gasteiger partial charge is 0.0594 e. The largest absolute Gasteiger partial charge is 0.379 e. The molecule has 0 spiro atoms. The monoisotopic (exact) mass is 183 g/mol. The van der Waals surface area contributed by atoms with Crippen LogP contribution in [0.4, 0.5) is 0 Å². The van der Waals surface area contributed by atoms with Gasteiger partial charge >= 0.3 is 0 Å². The van der Waals surface area contributed by atoms with Crippen LogP contribution in [0.2, 0.25) is 0 Å². The lowest BCUT2D eigenvalue weighted by Crippen LogP contribution is -2.43. The Morgan fingerprint density at radius 2 is 1.46 bits per heavy atom. The SMILES string of the molecule is C1CCCC(N2CCOCC2)CC1. The number of nitrogens with zero attached hydrogens (tertiary/aromatic N) is 1. The van der Waals surface area contributed by atoms with Crippen molar-refractivity contribution in [2.24, 2.45) is 0 Å². The maximum Gasteiger partial charge on any atom is 0.0594 e. The lowest BCUT2D eigenvalue weighted by Gasteiger charge is -2.33. The van der Waals surface area contributed by atoms with E-state index in [1.165, 1.54) is 51.6 Å². The lowest BCUT2D eigenvalue weighted by atomic mass is 10.1. The third-order valence-electron chi connectivity index (χ3n) is 3.39. The summed E-state index contributed by atoms with van der Waals surface area (Å²) in [6.45, 7) is 4.25. The third kappa shape index (κ3) is 2.68. The molecule has 2 nitrogen and oxygen atoms in total. The van der Waals surface area contributed by atoms with Crippen LogP contribution in [0.3, 0.4) is 0 Å². The summed E-state index contributed by atoms with van der Waals surface area (Å²) >= 11 is 0. The van der Waals surface area contributed by atoms with Crippen LogP contribution in [0.1, 0.15) is 38.5 Å². The average molecular weight is 183 g/mol. The van der Waals surface area contributed by atoms with Crippen LogP contribution >= 0.6 is 0 Å². The standard InChI is InChI=1S/C11H21NO/c1-2-4-6-11(5-3-1)12-7-9-13-10-8-12/h11H,1-10H2. The fourth-order valence-corrected chi connectivity index (χ4v) is 2.57. The Balaban J connectivity index is 1.82. The van der Waals surface area contributed by atoms with Gasteiger partial charge in [0, 0.05) is 19.1 Å². The molecule has 1 aliphatic carbocycles. The first kappa shape index (κ1) is 9.47. The first-order valence-electron chi connectivity index (χ1n) is 5.78. The second kappa shape index (κ2) is 4.97. The van der Waals surface area contributed by atoms with E-state index in [2.05, 4.69) is 4.90 Å². The molecule has 0 unspecified atom stereocenters. The Bertz CT molecular complexity index is 135. The second-order valence-corrected chi connectivity index (χ2v) is 4.29. The van der Waals surface area contributed by atoms with Gasteiger partial charge in [-0.1, -0.05) is 25.7 Å². The van der Waals surface area contributed by atoms with Crippen LogP contribution in [0.5, 0.6) is 0 Å². The van der Waals surface area contributed by atoms with Gasteiger partial charge in [-0.3, -0.25) is 4.90 Å². The van der Waals surface area contributed by atoms with E-state index in [0.29, 0.717) is 0 Å². The number of rotatable bonds is 1. The maximum atomic E-state index is 5.38. The van der Waals surface area contributed by atoms with Gasteiger partial charge in [-0.15, -0.1) is 0 Å². The van der Waals surface area contributed by atoms with E-state index >= 15 is 0 Å². The zero-order chi connectivity index (χ0) is 8.93. The van der Waals surface area contributed by atoms with Gasteiger partial charge in [-0.2, -0.15) is 0 Å². The Labute approximate surface area is 81.3 Å². The molecular weight excluding hydrogens is 162 g/mol. The van der Waals surface area contributed by atoms with Crippen molar-refractivity contribution < 1.29 is 4.74 Å². The zero-order valence-electron chi connectivity index (χ0n) is 8.50. The summed E-state index contributed by atoms with van der Waals surface area (Å²) in [5, 5.41) is 0. The van der Waals surface area contributed by atoms with Gasteiger partial charge in [0.05, 0.1) is 13.2 Å². The van der Waals surface area contributed by atoms with E-state index in [0.717, 1.165) is 19.3 Å². The van der Waals surface area contributed by atoms with Crippen molar-refractivity contribution in [2.45, 2.75) is 44.6 Å². The molecule has 2 fully saturated rings. The van der Waals surface area contributed by atoms with E-state index in [4.69, 9.17) is 4.74 Å². The van der Waals surface area contributed by atoms with Crippen molar-refractivity contribution in [3.63, 3.8) is 0 Å². The maximum absolute atomic E-state index is 5.38. The van der Waals surface area contributed by atoms with Crippen LogP contribution in [0.25, 0.3) is 0 Å². The van der Waals surface area contributed by atoms with Gasteiger partial charge in [-0.25, -0.2) is 0 Å². The predicted molar refractivity (Wildman–Crippen MR) is 53.9 cm³/mol. The highest BCUT2D eigenvalue weighted by Crippen LogP contribution is 2.22. The Morgan fingerprint density at radius 1 is 0.846 bits per heavy atom. The first-order chi connectivity index (χ1) is 6.47. The number of morpholine rings is 1. The Kier molecular flexibility index (Phi) is 3.62. The highest BCUT2D eigenvalue weighted by molar-refractivity contribution is 4.76. The Hall–Kier alpha value is -0.0800. The normalized spacial score (nSPS) is 28.6. The van der Waals surface area contributed by atoms with Crippen molar-refractivity contribution in [1.29, 1.82) is 0 Å². The molecule has 0 N–H and O–H groups in total. The fourth-order valence-electron chi connectivity index (χ4n) is 2.57. The second-order valence-electron chi connectivity index (χ2n) is 4.29. The molecular formula is C11H21NO. The minimum Gasteiger partial charge on any atom is -0.379 e. The minimum atomic E-state index is 0.881. The van der Waals surface area contributed by atoms with Crippen molar-refractivity contribution in [2.75, 3.05) is 26.3 Å². The molecule has 1 saturated heterocycles. The molecule has 2 rings (SSSR count). The van der Waals surface area contributed by atoms with Crippen molar-refractivity contribution in [1.82, 2.24) is 4.90 Å². The highest BCUT2D eigenvalue weighted by Gasteiger charge is 2.21. The summed E-state index contributed by atoms with van der Waals surface area (Å²) in [5.74, 6) is 0. The number of hydrogen-bond donors (Lipinski definition) is 0. The van der Waals surface area contributed by atoms with Crippen LogP contribution in [-0.2, 0) is 4.74 Å². The van der Waals surface area contributed by atoms with E-state index in [1.54, 1.807) is 0 Å². The van der Waals surface area contributed by atoms with Crippen molar-refractivity contribution in [3.8, 4) is 0 Å². The van der Waals surface area contributed by atoms with Gasteiger partial charge in [-0.05, 0) is 12.8 Å². The molecule has 2 heteroatoms. The van der Waals surface area contributed by atoms with Gasteiger partial charge in [0.15, 0.2) is 0 Å². The molecule has 0 amide bonds. The molecule has 0 bridgehead atoms. The summed E-state index contributed by atoms with van der Waals surface area (Å²) in [7, 11) is 0. The van der Waals surface area contributed by atoms with Crippen LogP contribution in [0.15, 0.2) is 0 Å². The summed E-state index contributed by atoms with van der Waals surface area (Å²) in [6, 6.07) is 0.881. The molecule has 0 aromatic rings. The van der Waals surface area contributed by atoms with Crippen molar-refractivity contribution in [3.05, 3.63) is 0 Å². The fraction of sp³-hybridized carbons (Fsp3) is 1.00. The van der Waals surface area contributed by atoms with E-state index in [1.807, 2.05) is 0 Å². The predicted octanol–water partition coefficient (Wildman–Crippen LogP) is 2.04. The van der Waals surface area contributed by atoms with Gasteiger partial charge in [0.25, 0.3) is 0 Å². The van der Waals surface area contributed by atoms with Crippen LogP contribution in [-0.4, -0.2) is 37.2 Å². The molecule has 0 radical (unpaired) electrons. The summed E-state index contributed by atoms with van der Waals surface area (Å²) in [6.07, 6.45) is 8.67.